The minimum absolute atomic E-state index is 0.614. The van der Waals surface area contributed by atoms with Crippen LogP contribution in [0.3, 0.4) is 0 Å². The summed E-state index contributed by atoms with van der Waals surface area (Å²) in [7, 11) is 0. The molecule has 0 saturated heterocycles. The molecule has 0 aromatic heterocycles. The number of nitrogens with one attached hydrogen (secondary N) is 1. The number of hydrogen-bond acceptors (Lipinski definition) is 1. The summed E-state index contributed by atoms with van der Waals surface area (Å²) in [5, 5.41) is 3.65. The van der Waals surface area contributed by atoms with Gasteiger partial charge in [0.15, 0.2) is 0 Å². The Morgan fingerprint density at radius 1 is 1.07 bits per heavy atom. The van der Waals surface area contributed by atoms with Crippen LogP contribution in [0.1, 0.15) is 60.3 Å². The molecule has 15 heavy (non-hydrogen) atoms. The lowest BCUT2D eigenvalue weighted by atomic mass is 9.74. The minimum Gasteiger partial charge on any atom is -0.312 e. The van der Waals surface area contributed by atoms with Gasteiger partial charge in [0.25, 0.3) is 0 Å². The van der Waals surface area contributed by atoms with Gasteiger partial charge in [-0.3, -0.25) is 0 Å². The van der Waals surface area contributed by atoms with Crippen LogP contribution in [0.5, 0.6) is 0 Å². The first kappa shape index (κ1) is 13.0. The Morgan fingerprint density at radius 2 is 1.73 bits per heavy atom. The van der Waals surface area contributed by atoms with Crippen molar-refractivity contribution in [1.82, 2.24) is 5.32 Å². The smallest absolute Gasteiger partial charge is 0.00693 e. The third-order valence-corrected chi connectivity index (χ3v) is 4.11. The van der Waals surface area contributed by atoms with Gasteiger partial charge in [0.1, 0.15) is 0 Å². The van der Waals surface area contributed by atoms with Gasteiger partial charge in [0, 0.05) is 12.1 Å². The summed E-state index contributed by atoms with van der Waals surface area (Å²) in [6.07, 6.45) is 5.81. The number of rotatable bonds is 4. The van der Waals surface area contributed by atoms with E-state index in [9.17, 15) is 0 Å². The van der Waals surface area contributed by atoms with E-state index in [4.69, 9.17) is 0 Å². The zero-order valence-electron chi connectivity index (χ0n) is 11.2. The molecule has 0 aromatic rings. The first-order valence-corrected chi connectivity index (χ1v) is 6.76. The molecule has 4 atom stereocenters. The van der Waals surface area contributed by atoms with Crippen LogP contribution in [-0.4, -0.2) is 12.1 Å². The van der Waals surface area contributed by atoms with E-state index < -0.39 is 0 Å². The highest BCUT2D eigenvalue weighted by Crippen LogP contribution is 2.34. The molecule has 0 aliphatic heterocycles. The van der Waals surface area contributed by atoms with Gasteiger partial charge >= 0.3 is 0 Å². The third kappa shape index (κ3) is 4.14. The molecule has 1 heteroatoms. The lowest BCUT2D eigenvalue weighted by Crippen LogP contribution is -2.40. The fourth-order valence-corrected chi connectivity index (χ4v) is 3.04. The largest absolute Gasteiger partial charge is 0.312 e. The van der Waals surface area contributed by atoms with E-state index >= 15 is 0 Å². The monoisotopic (exact) mass is 211 g/mol. The summed E-state index contributed by atoms with van der Waals surface area (Å²) in [4.78, 5) is 0. The molecule has 0 heterocycles. The molecule has 90 valence electrons. The van der Waals surface area contributed by atoms with Gasteiger partial charge in [0.2, 0.25) is 0 Å². The van der Waals surface area contributed by atoms with Crippen molar-refractivity contribution < 1.29 is 0 Å². The Hall–Kier alpha value is -0.0400. The maximum absolute atomic E-state index is 3.65. The standard InChI is InChI=1S/C14H29N/c1-10(2)15-13(5)12(4)14-8-6-7-11(3)9-14/h10-15H,6-9H2,1-5H3. The normalized spacial score (nSPS) is 31.6. The average Bonchev–Trinajstić information content (AvgIpc) is 2.15. The summed E-state index contributed by atoms with van der Waals surface area (Å²) < 4.78 is 0. The van der Waals surface area contributed by atoms with E-state index in [-0.39, 0.29) is 0 Å². The third-order valence-electron chi connectivity index (χ3n) is 4.11. The van der Waals surface area contributed by atoms with Gasteiger partial charge in [0.05, 0.1) is 0 Å². The molecule has 4 unspecified atom stereocenters. The first-order chi connectivity index (χ1) is 7.00. The van der Waals surface area contributed by atoms with Crippen molar-refractivity contribution >= 4 is 0 Å². The Labute approximate surface area is 96.0 Å². The summed E-state index contributed by atoms with van der Waals surface area (Å²) in [5.41, 5.74) is 0. The fourth-order valence-electron chi connectivity index (χ4n) is 3.04. The van der Waals surface area contributed by atoms with Crippen molar-refractivity contribution in [2.45, 2.75) is 72.4 Å². The molecular formula is C14H29N. The van der Waals surface area contributed by atoms with Gasteiger partial charge in [-0.05, 0) is 31.1 Å². The van der Waals surface area contributed by atoms with Crippen LogP contribution in [0, 0.1) is 17.8 Å². The second-order valence-corrected chi connectivity index (χ2v) is 6.00. The van der Waals surface area contributed by atoms with Crippen LogP contribution in [0.25, 0.3) is 0 Å². The van der Waals surface area contributed by atoms with Gasteiger partial charge in [-0.2, -0.15) is 0 Å². The minimum atomic E-state index is 0.614. The molecule has 0 aromatic carbocycles. The van der Waals surface area contributed by atoms with Crippen molar-refractivity contribution in [3.8, 4) is 0 Å². The molecule has 0 radical (unpaired) electrons. The summed E-state index contributed by atoms with van der Waals surface area (Å²) >= 11 is 0. The molecule has 0 amide bonds. The lowest BCUT2D eigenvalue weighted by molar-refractivity contribution is 0.180. The Morgan fingerprint density at radius 3 is 2.27 bits per heavy atom. The zero-order valence-corrected chi connectivity index (χ0v) is 11.2. The topological polar surface area (TPSA) is 12.0 Å². The highest BCUT2D eigenvalue weighted by molar-refractivity contribution is 4.81. The van der Waals surface area contributed by atoms with Crippen molar-refractivity contribution in [2.75, 3.05) is 0 Å². The second-order valence-electron chi connectivity index (χ2n) is 6.00. The Balaban J connectivity index is 2.40. The molecule has 1 saturated carbocycles. The molecule has 1 aliphatic rings. The maximum atomic E-state index is 3.65. The predicted octanol–water partition coefficient (Wildman–Crippen LogP) is 3.84. The Kier molecular flexibility index (Phi) is 5.11. The molecule has 0 bridgehead atoms. The molecule has 1 N–H and O–H groups in total. The number of hydrogen-bond donors (Lipinski definition) is 1. The van der Waals surface area contributed by atoms with Gasteiger partial charge in [-0.15, -0.1) is 0 Å². The Bertz CT molecular complexity index is 176. The molecular weight excluding hydrogens is 182 g/mol. The lowest BCUT2D eigenvalue weighted by Gasteiger charge is -2.35. The van der Waals surface area contributed by atoms with Gasteiger partial charge < -0.3 is 5.32 Å². The van der Waals surface area contributed by atoms with Crippen LogP contribution in [0.15, 0.2) is 0 Å². The molecule has 1 fully saturated rings. The van der Waals surface area contributed by atoms with Crippen LogP contribution in [0.4, 0.5) is 0 Å². The van der Waals surface area contributed by atoms with E-state index in [1.54, 1.807) is 0 Å². The van der Waals surface area contributed by atoms with Crippen LogP contribution in [0.2, 0.25) is 0 Å². The maximum Gasteiger partial charge on any atom is 0.00693 e. The van der Waals surface area contributed by atoms with Crippen molar-refractivity contribution in [3.63, 3.8) is 0 Å². The SMILES string of the molecule is CC1CCCC(C(C)C(C)NC(C)C)C1. The van der Waals surface area contributed by atoms with E-state index in [1.807, 2.05) is 0 Å². The fraction of sp³-hybridized carbons (Fsp3) is 1.00. The molecule has 1 nitrogen and oxygen atoms in total. The van der Waals surface area contributed by atoms with Crippen LogP contribution >= 0.6 is 0 Å². The van der Waals surface area contributed by atoms with Crippen molar-refractivity contribution in [1.29, 1.82) is 0 Å². The first-order valence-electron chi connectivity index (χ1n) is 6.76. The molecule has 0 spiro atoms. The highest BCUT2D eigenvalue weighted by Gasteiger charge is 2.27. The van der Waals surface area contributed by atoms with Crippen LogP contribution < -0.4 is 5.32 Å². The highest BCUT2D eigenvalue weighted by atomic mass is 14.9. The van der Waals surface area contributed by atoms with Crippen LogP contribution in [-0.2, 0) is 0 Å². The van der Waals surface area contributed by atoms with Gasteiger partial charge in [-0.1, -0.05) is 47.0 Å². The summed E-state index contributed by atoms with van der Waals surface area (Å²) in [6.45, 7) is 11.7. The van der Waals surface area contributed by atoms with E-state index in [2.05, 4.69) is 39.9 Å². The van der Waals surface area contributed by atoms with E-state index in [0.29, 0.717) is 12.1 Å². The summed E-state index contributed by atoms with van der Waals surface area (Å²) in [6, 6.07) is 1.28. The molecule has 1 aliphatic carbocycles. The van der Waals surface area contributed by atoms with E-state index in [1.165, 1.54) is 25.7 Å². The average molecular weight is 211 g/mol. The molecule has 1 rings (SSSR count). The zero-order chi connectivity index (χ0) is 11.4. The second kappa shape index (κ2) is 5.89. The van der Waals surface area contributed by atoms with Crippen molar-refractivity contribution in [3.05, 3.63) is 0 Å². The van der Waals surface area contributed by atoms with E-state index in [0.717, 1.165) is 17.8 Å². The summed E-state index contributed by atoms with van der Waals surface area (Å²) in [5.74, 6) is 2.74. The predicted molar refractivity (Wildman–Crippen MR) is 68.0 cm³/mol. The van der Waals surface area contributed by atoms with Gasteiger partial charge in [-0.25, -0.2) is 0 Å². The van der Waals surface area contributed by atoms with Crippen molar-refractivity contribution in [2.24, 2.45) is 17.8 Å². The quantitative estimate of drug-likeness (QED) is 0.745.